The van der Waals surface area contributed by atoms with Gasteiger partial charge in [0, 0.05) is 10.2 Å². The molecule has 1 aliphatic carbocycles. The summed E-state index contributed by atoms with van der Waals surface area (Å²) in [4.78, 5) is 0. The van der Waals surface area contributed by atoms with E-state index < -0.39 is 0 Å². The van der Waals surface area contributed by atoms with Gasteiger partial charge in [0.2, 0.25) is 0 Å². The van der Waals surface area contributed by atoms with Gasteiger partial charge in [0.05, 0.1) is 0 Å². The molecule has 1 heterocycles. The monoisotopic (exact) mass is 189 g/mol. The molecule has 2 N–H and O–H groups in total. The van der Waals surface area contributed by atoms with Crippen LogP contribution in [-0.2, 0) is 5.54 Å². The van der Waals surface area contributed by atoms with E-state index in [1.54, 1.807) is 11.3 Å². The van der Waals surface area contributed by atoms with Crippen LogP contribution in [0.15, 0.2) is 29.6 Å². The molecule has 0 unspecified atom stereocenters. The molecule has 0 spiro atoms. The van der Waals surface area contributed by atoms with Crippen LogP contribution in [0.25, 0.3) is 10.1 Å². The highest BCUT2D eigenvalue weighted by molar-refractivity contribution is 7.17. The van der Waals surface area contributed by atoms with E-state index in [2.05, 4.69) is 29.6 Å². The van der Waals surface area contributed by atoms with E-state index in [4.69, 9.17) is 5.73 Å². The van der Waals surface area contributed by atoms with Crippen molar-refractivity contribution in [2.45, 2.75) is 18.4 Å². The van der Waals surface area contributed by atoms with Gasteiger partial charge in [-0.3, -0.25) is 0 Å². The van der Waals surface area contributed by atoms with Crippen LogP contribution in [0.2, 0.25) is 0 Å². The van der Waals surface area contributed by atoms with Crippen molar-refractivity contribution < 1.29 is 0 Å². The van der Waals surface area contributed by atoms with Crippen LogP contribution in [-0.4, -0.2) is 0 Å². The molecule has 1 fully saturated rings. The van der Waals surface area contributed by atoms with Crippen LogP contribution in [0.5, 0.6) is 0 Å². The highest BCUT2D eigenvalue weighted by atomic mass is 32.1. The third-order valence-corrected chi connectivity index (χ3v) is 3.77. The first-order valence-electron chi connectivity index (χ1n) is 4.55. The van der Waals surface area contributed by atoms with Gasteiger partial charge in [-0.1, -0.05) is 18.2 Å². The van der Waals surface area contributed by atoms with Gasteiger partial charge in [0.25, 0.3) is 0 Å². The average Bonchev–Trinajstić information content (AvgIpc) is 2.72. The quantitative estimate of drug-likeness (QED) is 0.733. The van der Waals surface area contributed by atoms with E-state index in [9.17, 15) is 0 Å². The molecule has 1 aliphatic rings. The van der Waals surface area contributed by atoms with Gasteiger partial charge in [0.1, 0.15) is 0 Å². The minimum atomic E-state index is 0.00433. The fourth-order valence-corrected chi connectivity index (χ4v) is 2.81. The third kappa shape index (κ3) is 1.02. The highest BCUT2D eigenvalue weighted by Crippen LogP contribution is 2.46. The van der Waals surface area contributed by atoms with Gasteiger partial charge < -0.3 is 5.73 Å². The molecule has 1 nitrogen and oxygen atoms in total. The minimum Gasteiger partial charge on any atom is -0.321 e. The molecule has 0 aliphatic heterocycles. The summed E-state index contributed by atoms with van der Waals surface area (Å²) in [7, 11) is 0. The molecule has 0 saturated heterocycles. The molecule has 2 aromatic rings. The van der Waals surface area contributed by atoms with Gasteiger partial charge in [-0.05, 0) is 35.2 Å². The van der Waals surface area contributed by atoms with E-state index in [0.717, 1.165) is 12.8 Å². The summed E-state index contributed by atoms with van der Waals surface area (Å²) in [6.45, 7) is 0. The first-order chi connectivity index (χ1) is 6.30. The Morgan fingerprint density at radius 2 is 2.08 bits per heavy atom. The Kier molecular flexibility index (Phi) is 1.35. The van der Waals surface area contributed by atoms with Gasteiger partial charge in [-0.25, -0.2) is 0 Å². The summed E-state index contributed by atoms with van der Waals surface area (Å²) >= 11 is 1.80. The van der Waals surface area contributed by atoms with Crippen LogP contribution in [0.1, 0.15) is 18.4 Å². The molecular formula is C11H11NS. The van der Waals surface area contributed by atoms with E-state index >= 15 is 0 Å². The van der Waals surface area contributed by atoms with E-state index in [-0.39, 0.29) is 5.54 Å². The SMILES string of the molecule is NC1(c2cccc3ccsc23)CC1. The second kappa shape index (κ2) is 2.34. The van der Waals surface area contributed by atoms with Gasteiger partial charge in [-0.15, -0.1) is 11.3 Å². The zero-order valence-electron chi connectivity index (χ0n) is 7.29. The van der Waals surface area contributed by atoms with Crippen molar-refractivity contribution in [2.24, 2.45) is 5.73 Å². The lowest BCUT2D eigenvalue weighted by Crippen LogP contribution is -2.18. The second-order valence-electron chi connectivity index (χ2n) is 3.80. The first-order valence-corrected chi connectivity index (χ1v) is 5.43. The maximum Gasteiger partial charge on any atom is 0.0425 e. The highest BCUT2D eigenvalue weighted by Gasteiger charge is 2.41. The molecule has 1 aromatic heterocycles. The number of benzene rings is 1. The summed E-state index contributed by atoms with van der Waals surface area (Å²) < 4.78 is 1.38. The smallest absolute Gasteiger partial charge is 0.0425 e. The Hall–Kier alpha value is -0.860. The van der Waals surface area contributed by atoms with Gasteiger partial charge in [0.15, 0.2) is 0 Å². The predicted molar refractivity (Wildman–Crippen MR) is 56.9 cm³/mol. The van der Waals surface area contributed by atoms with Crippen molar-refractivity contribution in [1.82, 2.24) is 0 Å². The van der Waals surface area contributed by atoms with Crippen molar-refractivity contribution in [3.05, 3.63) is 35.2 Å². The summed E-state index contributed by atoms with van der Waals surface area (Å²) in [6, 6.07) is 8.60. The molecular weight excluding hydrogens is 178 g/mol. The lowest BCUT2D eigenvalue weighted by Gasteiger charge is -2.09. The summed E-state index contributed by atoms with van der Waals surface area (Å²) in [5.41, 5.74) is 7.55. The fourth-order valence-electron chi connectivity index (χ4n) is 1.79. The van der Waals surface area contributed by atoms with Crippen LogP contribution in [0, 0.1) is 0 Å². The molecule has 0 amide bonds. The molecule has 2 heteroatoms. The molecule has 13 heavy (non-hydrogen) atoms. The number of hydrogen-bond acceptors (Lipinski definition) is 2. The fraction of sp³-hybridized carbons (Fsp3) is 0.273. The Morgan fingerprint density at radius 3 is 2.85 bits per heavy atom. The number of hydrogen-bond donors (Lipinski definition) is 1. The summed E-state index contributed by atoms with van der Waals surface area (Å²) in [6.07, 6.45) is 2.29. The predicted octanol–water partition coefficient (Wildman–Crippen LogP) is 2.85. The molecule has 0 radical (unpaired) electrons. The molecule has 3 rings (SSSR count). The first kappa shape index (κ1) is 7.54. The number of nitrogens with two attached hydrogens (primary N) is 1. The van der Waals surface area contributed by atoms with E-state index in [0.29, 0.717) is 0 Å². The van der Waals surface area contributed by atoms with Crippen LogP contribution in [0.4, 0.5) is 0 Å². The lowest BCUT2D eigenvalue weighted by atomic mass is 10.0. The maximum atomic E-state index is 6.20. The van der Waals surface area contributed by atoms with Crippen molar-refractivity contribution >= 4 is 21.4 Å². The Labute approximate surface area is 81.2 Å². The summed E-state index contributed by atoms with van der Waals surface area (Å²) in [5, 5.41) is 3.47. The zero-order valence-corrected chi connectivity index (χ0v) is 8.10. The van der Waals surface area contributed by atoms with Crippen LogP contribution in [0.3, 0.4) is 0 Å². The molecule has 66 valence electrons. The Bertz CT molecular complexity index is 454. The normalized spacial score (nSPS) is 19.2. The molecule has 0 atom stereocenters. The average molecular weight is 189 g/mol. The van der Waals surface area contributed by atoms with Crippen molar-refractivity contribution in [1.29, 1.82) is 0 Å². The van der Waals surface area contributed by atoms with Crippen LogP contribution >= 0.6 is 11.3 Å². The zero-order chi connectivity index (χ0) is 8.89. The third-order valence-electron chi connectivity index (χ3n) is 2.80. The molecule has 1 aromatic carbocycles. The van der Waals surface area contributed by atoms with Crippen molar-refractivity contribution in [2.75, 3.05) is 0 Å². The van der Waals surface area contributed by atoms with E-state index in [1.165, 1.54) is 15.6 Å². The number of thiophene rings is 1. The second-order valence-corrected chi connectivity index (χ2v) is 4.72. The number of rotatable bonds is 1. The topological polar surface area (TPSA) is 26.0 Å². The summed E-state index contributed by atoms with van der Waals surface area (Å²) in [5.74, 6) is 0. The standard InChI is InChI=1S/C11H11NS/c12-11(5-6-11)9-3-1-2-8-4-7-13-10(8)9/h1-4,7H,5-6,12H2. The van der Waals surface area contributed by atoms with Gasteiger partial charge >= 0.3 is 0 Å². The maximum absolute atomic E-state index is 6.20. The molecule has 1 saturated carbocycles. The van der Waals surface area contributed by atoms with Gasteiger partial charge in [-0.2, -0.15) is 0 Å². The number of fused-ring (bicyclic) bond motifs is 1. The minimum absolute atomic E-state index is 0.00433. The van der Waals surface area contributed by atoms with Crippen LogP contribution < -0.4 is 5.73 Å². The molecule has 0 bridgehead atoms. The van der Waals surface area contributed by atoms with Crippen molar-refractivity contribution in [3.8, 4) is 0 Å². The Morgan fingerprint density at radius 1 is 1.23 bits per heavy atom. The van der Waals surface area contributed by atoms with Crippen molar-refractivity contribution in [3.63, 3.8) is 0 Å². The largest absolute Gasteiger partial charge is 0.321 e. The Balaban J connectivity index is 2.33. The lowest BCUT2D eigenvalue weighted by molar-refractivity contribution is 0.749. The van der Waals surface area contributed by atoms with E-state index in [1.807, 2.05) is 0 Å².